The molecule has 2 amide bonds. The van der Waals surface area contributed by atoms with Crippen LogP contribution >= 0.6 is 11.6 Å². The minimum absolute atomic E-state index is 0.0237. The van der Waals surface area contributed by atoms with E-state index in [0.717, 1.165) is 34.5 Å². The van der Waals surface area contributed by atoms with E-state index in [1.54, 1.807) is 19.1 Å². The van der Waals surface area contributed by atoms with Gasteiger partial charge in [0.2, 0.25) is 21.8 Å². The van der Waals surface area contributed by atoms with Gasteiger partial charge in [-0.1, -0.05) is 73.5 Å². The van der Waals surface area contributed by atoms with Gasteiger partial charge in [0.05, 0.1) is 11.9 Å². The highest BCUT2D eigenvalue weighted by Gasteiger charge is 2.33. The molecule has 7 nitrogen and oxygen atoms in total. The number of hydrogen-bond donors (Lipinski definition) is 1. The van der Waals surface area contributed by atoms with Gasteiger partial charge in [-0.15, -0.1) is 0 Å². The third kappa shape index (κ3) is 8.79. The molecule has 0 saturated carbocycles. The lowest BCUT2D eigenvalue weighted by atomic mass is 10.0. The first-order chi connectivity index (χ1) is 19.0. The van der Waals surface area contributed by atoms with Gasteiger partial charge in [-0.25, -0.2) is 12.8 Å². The van der Waals surface area contributed by atoms with Gasteiger partial charge in [0, 0.05) is 24.5 Å². The molecular formula is C30H35ClFN3O4S. The minimum Gasteiger partial charge on any atom is -0.354 e. The number of hydrogen-bond acceptors (Lipinski definition) is 4. The molecule has 0 saturated heterocycles. The predicted octanol–water partition coefficient (Wildman–Crippen LogP) is 5.11. The lowest BCUT2D eigenvalue weighted by molar-refractivity contribution is -0.140. The van der Waals surface area contributed by atoms with Gasteiger partial charge in [0.15, 0.2) is 0 Å². The van der Waals surface area contributed by atoms with Crippen LogP contribution in [0.5, 0.6) is 0 Å². The van der Waals surface area contributed by atoms with Crippen molar-refractivity contribution in [2.75, 3.05) is 23.7 Å². The summed E-state index contributed by atoms with van der Waals surface area (Å²) in [5, 5.41) is 3.28. The largest absolute Gasteiger partial charge is 0.354 e. The zero-order valence-electron chi connectivity index (χ0n) is 22.9. The maximum absolute atomic E-state index is 14.0. The Morgan fingerprint density at radius 1 is 1.00 bits per heavy atom. The zero-order valence-corrected chi connectivity index (χ0v) is 24.5. The fraction of sp³-hybridized carbons (Fsp3) is 0.333. The summed E-state index contributed by atoms with van der Waals surface area (Å²) in [5.74, 6) is -1.37. The number of aryl methyl sites for hydroxylation is 1. The van der Waals surface area contributed by atoms with Crippen molar-refractivity contribution in [2.24, 2.45) is 0 Å². The van der Waals surface area contributed by atoms with E-state index in [0.29, 0.717) is 17.1 Å². The number of carbonyl (C=O) groups is 2. The van der Waals surface area contributed by atoms with E-state index in [-0.39, 0.29) is 24.6 Å². The highest BCUT2D eigenvalue weighted by molar-refractivity contribution is 7.92. The number of anilines is 1. The number of rotatable bonds is 13. The number of nitrogens with one attached hydrogen (secondary N) is 1. The minimum atomic E-state index is -3.90. The van der Waals surface area contributed by atoms with Crippen molar-refractivity contribution in [1.29, 1.82) is 0 Å². The molecule has 0 aliphatic rings. The summed E-state index contributed by atoms with van der Waals surface area (Å²) >= 11 is 6.27. The van der Waals surface area contributed by atoms with Crippen LogP contribution in [0.4, 0.5) is 10.1 Å². The van der Waals surface area contributed by atoms with Gasteiger partial charge >= 0.3 is 0 Å². The van der Waals surface area contributed by atoms with E-state index in [9.17, 15) is 22.4 Å². The van der Waals surface area contributed by atoms with E-state index < -0.39 is 34.3 Å². The molecule has 0 aliphatic carbocycles. The Morgan fingerprint density at radius 3 is 2.27 bits per heavy atom. The van der Waals surface area contributed by atoms with Crippen LogP contribution in [0.1, 0.15) is 36.5 Å². The molecule has 3 aromatic carbocycles. The highest BCUT2D eigenvalue weighted by Crippen LogP contribution is 2.25. The molecule has 0 fully saturated rings. The lowest BCUT2D eigenvalue weighted by Crippen LogP contribution is -2.53. The number of sulfonamides is 1. The Morgan fingerprint density at radius 2 is 1.68 bits per heavy atom. The smallest absolute Gasteiger partial charge is 0.244 e. The van der Waals surface area contributed by atoms with Crippen molar-refractivity contribution >= 4 is 39.1 Å². The third-order valence-corrected chi connectivity index (χ3v) is 8.04. The summed E-state index contributed by atoms with van der Waals surface area (Å²) in [7, 11) is -3.90. The topological polar surface area (TPSA) is 86.8 Å². The molecular weight excluding hydrogens is 553 g/mol. The second-order valence-electron chi connectivity index (χ2n) is 9.70. The molecule has 3 rings (SSSR count). The number of carbonyl (C=O) groups excluding carboxylic acids is 2. The van der Waals surface area contributed by atoms with Crippen LogP contribution in [0.3, 0.4) is 0 Å². The van der Waals surface area contributed by atoms with Crippen LogP contribution < -0.4 is 9.62 Å². The summed E-state index contributed by atoms with van der Waals surface area (Å²) in [5.41, 5.74) is 2.42. The monoisotopic (exact) mass is 587 g/mol. The quantitative estimate of drug-likeness (QED) is 0.282. The van der Waals surface area contributed by atoms with Crippen molar-refractivity contribution in [3.63, 3.8) is 0 Å². The first-order valence-corrected chi connectivity index (χ1v) is 15.3. The molecule has 0 unspecified atom stereocenters. The van der Waals surface area contributed by atoms with Crippen molar-refractivity contribution in [1.82, 2.24) is 10.2 Å². The van der Waals surface area contributed by atoms with E-state index in [4.69, 9.17) is 11.6 Å². The Balaban J connectivity index is 2.03. The first kappa shape index (κ1) is 31.1. The van der Waals surface area contributed by atoms with E-state index in [1.807, 2.05) is 37.3 Å². The molecule has 1 atom stereocenters. The molecule has 0 heterocycles. The Labute approximate surface area is 241 Å². The summed E-state index contributed by atoms with van der Waals surface area (Å²) in [6.07, 6.45) is 2.87. The van der Waals surface area contributed by atoms with E-state index >= 15 is 0 Å². The van der Waals surface area contributed by atoms with Crippen molar-refractivity contribution < 1.29 is 22.4 Å². The molecule has 3 aromatic rings. The Hall–Kier alpha value is -3.43. The average Bonchev–Trinajstić information content (AvgIpc) is 2.92. The Kier molecular flexibility index (Phi) is 11.1. The van der Waals surface area contributed by atoms with E-state index in [1.165, 1.54) is 35.2 Å². The van der Waals surface area contributed by atoms with Crippen LogP contribution in [-0.2, 0) is 32.6 Å². The SMILES string of the molecule is CCCCNC(=O)[C@H](Cc1ccccc1)N(Cc1ccc(F)cc1)C(=O)CN(c1ccc(C)c(Cl)c1)S(C)(=O)=O. The van der Waals surface area contributed by atoms with Crippen molar-refractivity contribution in [2.45, 2.75) is 45.7 Å². The predicted molar refractivity (Wildman–Crippen MR) is 157 cm³/mol. The maximum Gasteiger partial charge on any atom is 0.244 e. The molecule has 0 aromatic heterocycles. The zero-order chi connectivity index (χ0) is 29.3. The Bertz CT molecular complexity index is 1400. The summed E-state index contributed by atoms with van der Waals surface area (Å²) in [6.45, 7) is 3.67. The number of amides is 2. The fourth-order valence-corrected chi connectivity index (χ4v) is 5.21. The summed E-state index contributed by atoms with van der Waals surface area (Å²) < 4.78 is 40.3. The van der Waals surface area contributed by atoms with Crippen LogP contribution in [0.15, 0.2) is 72.8 Å². The van der Waals surface area contributed by atoms with Crippen molar-refractivity contribution in [3.05, 3.63) is 100 Å². The van der Waals surface area contributed by atoms with Crippen LogP contribution in [0.2, 0.25) is 5.02 Å². The van der Waals surface area contributed by atoms with Crippen LogP contribution in [0, 0.1) is 12.7 Å². The van der Waals surface area contributed by atoms with Gasteiger partial charge in [-0.3, -0.25) is 13.9 Å². The van der Waals surface area contributed by atoms with Gasteiger partial charge in [0.1, 0.15) is 18.4 Å². The normalized spacial score (nSPS) is 12.0. The highest BCUT2D eigenvalue weighted by atomic mass is 35.5. The number of halogens is 2. The molecule has 0 radical (unpaired) electrons. The van der Waals surface area contributed by atoms with Gasteiger partial charge in [0.25, 0.3) is 0 Å². The number of nitrogens with zero attached hydrogens (tertiary/aromatic N) is 2. The molecule has 1 N–H and O–H groups in total. The van der Waals surface area contributed by atoms with Crippen molar-refractivity contribution in [3.8, 4) is 0 Å². The number of benzene rings is 3. The van der Waals surface area contributed by atoms with Gasteiger partial charge < -0.3 is 10.2 Å². The third-order valence-electron chi connectivity index (χ3n) is 6.49. The summed E-state index contributed by atoms with van der Waals surface area (Å²) in [6, 6.07) is 18.7. The fourth-order valence-electron chi connectivity index (χ4n) is 4.20. The molecule has 0 spiro atoms. The standard InChI is InChI=1S/C30H35ClFN3O4S/c1-4-5-17-33-30(37)28(18-23-9-7-6-8-10-23)34(20-24-12-14-25(32)15-13-24)29(36)21-35(40(3,38)39)26-16-11-22(2)27(31)19-26/h6-16,19,28H,4-5,17-18,20-21H2,1-3H3,(H,33,37)/t28-/m0/s1. The van der Waals surface area contributed by atoms with E-state index in [2.05, 4.69) is 5.32 Å². The molecule has 0 bridgehead atoms. The average molecular weight is 588 g/mol. The lowest BCUT2D eigenvalue weighted by Gasteiger charge is -2.33. The second kappa shape index (κ2) is 14.3. The second-order valence-corrected chi connectivity index (χ2v) is 12.0. The first-order valence-electron chi connectivity index (χ1n) is 13.1. The number of unbranched alkanes of at least 4 members (excludes halogenated alkanes) is 1. The molecule has 40 heavy (non-hydrogen) atoms. The van der Waals surface area contributed by atoms with Crippen LogP contribution in [0.25, 0.3) is 0 Å². The molecule has 10 heteroatoms. The molecule has 214 valence electrons. The maximum atomic E-state index is 14.0. The van der Waals surface area contributed by atoms with Crippen LogP contribution in [-0.4, -0.2) is 50.5 Å². The van der Waals surface area contributed by atoms with Gasteiger partial charge in [-0.2, -0.15) is 0 Å². The summed E-state index contributed by atoms with van der Waals surface area (Å²) in [4.78, 5) is 28.9. The molecule has 0 aliphatic heterocycles. The van der Waals surface area contributed by atoms with Gasteiger partial charge in [-0.05, 0) is 54.3 Å².